The Hall–Kier alpha value is -2.31. The summed E-state index contributed by atoms with van der Waals surface area (Å²) in [5.74, 6) is 0.528. The van der Waals surface area contributed by atoms with Crippen LogP contribution >= 0.6 is 22.6 Å². The molecule has 2 aromatic heterocycles. The van der Waals surface area contributed by atoms with Crippen LogP contribution in [0.25, 0.3) is 11.2 Å². The number of benzene rings is 1. The fourth-order valence-electron chi connectivity index (χ4n) is 3.90. The van der Waals surface area contributed by atoms with Gasteiger partial charge in [0.2, 0.25) is 5.91 Å². The Morgan fingerprint density at radius 2 is 2.16 bits per heavy atom. The minimum Gasteiger partial charge on any atom is -0.364 e. The largest absolute Gasteiger partial charge is 0.364 e. The molecule has 10 heteroatoms. The van der Waals surface area contributed by atoms with Gasteiger partial charge in [0, 0.05) is 29.2 Å². The number of nitrogens with zero attached hydrogens (tertiary/aromatic N) is 4. The lowest BCUT2D eigenvalue weighted by Crippen LogP contribution is -2.38. The van der Waals surface area contributed by atoms with Crippen LogP contribution < -0.4 is 16.0 Å². The third kappa shape index (κ3) is 4.80. The number of fused-ring (bicyclic) bond motifs is 1. The molecule has 1 amide bonds. The van der Waals surface area contributed by atoms with Crippen LogP contribution in [0.3, 0.4) is 0 Å². The van der Waals surface area contributed by atoms with Crippen LogP contribution in [-0.4, -0.2) is 50.7 Å². The number of aromatic nitrogens is 4. The molecule has 3 aromatic rings. The SMILES string of the molecule is CNC(=O)C1CC(C)NC(C)[C@H](n2cnc3c(NCc4cccc(I)c4)ncnc32)O1. The van der Waals surface area contributed by atoms with E-state index in [4.69, 9.17) is 4.74 Å². The van der Waals surface area contributed by atoms with E-state index in [-0.39, 0.29) is 18.0 Å². The summed E-state index contributed by atoms with van der Waals surface area (Å²) in [5, 5.41) is 9.56. The van der Waals surface area contributed by atoms with Crippen molar-refractivity contribution in [2.75, 3.05) is 12.4 Å². The van der Waals surface area contributed by atoms with E-state index in [0.717, 1.165) is 5.56 Å². The zero-order valence-electron chi connectivity index (χ0n) is 17.7. The van der Waals surface area contributed by atoms with Crippen LogP contribution in [-0.2, 0) is 16.1 Å². The Morgan fingerprint density at radius 3 is 2.94 bits per heavy atom. The molecule has 1 aliphatic heterocycles. The minimum atomic E-state index is -0.556. The molecule has 4 atom stereocenters. The van der Waals surface area contributed by atoms with Crippen molar-refractivity contribution in [2.45, 2.75) is 51.2 Å². The molecule has 31 heavy (non-hydrogen) atoms. The molecule has 0 spiro atoms. The maximum absolute atomic E-state index is 12.3. The van der Waals surface area contributed by atoms with Gasteiger partial charge in [-0.05, 0) is 60.6 Å². The molecule has 3 N–H and O–H groups in total. The lowest BCUT2D eigenvalue weighted by molar-refractivity contribution is -0.140. The van der Waals surface area contributed by atoms with E-state index >= 15 is 0 Å². The fraction of sp³-hybridized carbons (Fsp3) is 0.429. The van der Waals surface area contributed by atoms with Crippen molar-refractivity contribution in [1.29, 1.82) is 0 Å². The fourth-order valence-corrected chi connectivity index (χ4v) is 4.51. The summed E-state index contributed by atoms with van der Waals surface area (Å²) in [6, 6.07) is 8.38. The minimum absolute atomic E-state index is 0.0418. The smallest absolute Gasteiger partial charge is 0.249 e. The van der Waals surface area contributed by atoms with Crippen LogP contribution in [0.5, 0.6) is 0 Å². The first kappa shape index (κ1) is 21.9. The molecule has 0 radical (unpaired) electrons. The second-order valence-corrected chi connectivity index (χ2v) is 9.00. The summed E-state index contributed by atoms with van der Waals surface area (Å²) in [5.41, 5.74) is 2.48. The molecule has 0 bridgehead atoms. The number of ether oxygens (including phenoxy) is 1. The number of hydrogen-bond donors (Lipinski definition) is 3. The van der Waals surface area contributed by atoms with Crippen molar-refractivity contribution >= 4 is 45.5 Å². The molecular weight excluding hydrogens is 509 g/mol. The summed E-state index contributed by atoms with van der Waals surface area (Å²) in [6.45, 7) is 4.72. The van der Waals surface area contributed by atoms with Crippen molar-refractivity contribution in [3.63, 3.8) is 0 Å². The lowest BCUT2D eigenvalue weighted by Gasteiger charge is -2.26. The third-order valence-electron chi connectivity index (χ3n) is 5.37. The van der Waals surface area contributed by atoms with Gasteiger partial charge in [0.05, 0.1) is 6.33 Å². The monoisotopic (exact) mass is 535 g/mol. The van der Waals surface area contributed by atoms with E-state index in [2.05, 4.69) is 78.6 Å². The van der Waals surface area contributed by atoms with Crippen molar-refractivity contribution in [2.24, 2.45) is 0 Å². The Labute approximate surface area is 194 Å². The van der Waals surface area contributed by atoms with Crippen molar-refractivity contribution in [1.82, 2.24) is 30.2 Å². The van der Waals surface area contributed by atoms with E-state index in [1.807, 2.05) is 17.6 Å². The first-order chi connectivity index (χ1) is 15.0. The summed E-state index contributed by atoms with van der Waals surface area (Å²) in [6.07, 6.45) is 2.82. The number of rotatable bonds is 5. The first-order valence-electron chi connectivity index (χ1n) is 10.2. The molecule has 0 saturated carbocycles. The number of carbonyl (C=O) groups is 1. The zero-order valence-corrected chi connectivity index (χ0v) is 19.8. The quantitative estimate of drug-likeness (QED) is 0.431. The Kier molecular flexibility index (Phi) is 6.68. The number of likely N-dealkylation sites (N-methyl/N-ethyl adjacent to an activating group) is 1. The molecule has 4 rings (SSSR count). The Bertz CT molecular complexity index is 1070. The molecule has 1 saturated heterocycles. The second kappa shape index (κ2) is 9.45. The molecule has 1 aliphatic rings. The highest BCUT2D eigenvalue weighted by Crippen LogP contribution is 2.28. The van der Waals surface area contributed by atoms with Gasteiger partial charge in [0.1, 0.15) is 12.4 Å². The average Bonchev–Trinajstić information content (AvgIpc) is 3.12. The van der Waals surface area contributed by atoms with E-state index < -0.39 is 12.3 Å². The van der Waals surface area contributed by atoms with Gasteiger partial charge in [-0.2, -0.15) is 0 Å². The van der Waals surface area contributed by atoms with Gasteiger partial charge >= 0.3 is 0 Å². The van der Waals surface area contributed by atoms with Crippen LogP contribution in [0.15, 0.2) is 36.9 Å². The first-order valence-corrected chi connectivity index (χ1v) is 11.3. The highest BCUT2D eigenvalue weighted by molar-refractivity contribution is 14.1. The van der Waals surface area contributed by atoms with E-state index in [1.54, 1.807) is 13.4 Å². The van der Waals surface area contributed by atoms with Crippen LogP contribution in [0.4, 0.5) is 5.82 Å². The van der Waals surface area contributed by atoms with Gasteiger partial charge in [0.15, 0.2) is 23.2 Å². The number of halogens is 1. The molecule has 1 aromatic carbocycles. The maximum Gasteiger partial charge on any atom is 0.249 e. The summed E-state index contributed by atoms with van der Waals surface area (Å²) in [4.78, 5) is 25.7. The topological polar surface area (TPSA) is 106 Å². The second-order valence-electron chi connectivity index (χ2n) is 7.75. The average molecular weight is 535 g/mol. The Morgan fingerprint density at radius 1 is 1.32 bits per heavy atom. The van der Waals surface area contributed by atoms with Crippen LogP contribution in [0, 0.1) is 3.57 Å². The lowest BCUT2D eigenvalue weighted by atomic mass is 10.1. The number of imidazole rings is 1. The predicted molar refractivity (Wildman–Crippen MR) is 126 cm³/mol. The van der Waals surface area contributed by atoms with E-state index in [0.29, 0.717) is 29.9 Å². The van der Waals surface area contributed by atoms with Gasteiger partial charge in [-0.1, -0.05) is 12.1 Å². The maximum atomic E-state index is 12.3. The highest BCUT2D eigenvalue weighted by Gasteiger charge is 2.34. The van der Waals surface area contributed by atoms with Gasteiger partial charge in [-0.3, -0.25) is 9.36 Å². The number of nitrogens with one attached hydrogen (secondary N) is 3. The number of anilines is 1. The summed E-state index contributed by atoms with van der Waals surface area (Å²) < 4.78 is 9.30. The molecular formula is C21H26IN7O2. The standard InChI is InChI=1S/C21H26IN7O2/c1-12-7-16(20(30)23-3)31-21(13(2)28-12)29-11-27-17-18(25-10-26-19(17)29)24-9-14-5-4-6-15(22)8-14/h4-6,8,10-13,16,21,28H,7,9H2,1-3H3,(H,23,30)(H,24,25,26)/t12?,13?,16?,21-/m1/s1. The molecule has 3 heterocycles. The number of amides is 1. The van der Waals surface area contributed by atoms with Gasteiger partial charge in [-0.15, -0.1) is 0 Å². The Balaban J connectivity index is 1.62. The van der Waals surface area contributed by atoms with Gasteiger partial charge in [-0.25, -0.2) is 15.0 Å². The van der Waals surface area contributed by atoms with Crippen molar-refractivity contribution < 1.29 is 9.53 Å². The number of hydrogen-bond acceptors (Lipinski definition) is 7. The molecule has 0 aliphatic carbocycles. The van der Waals surface area contributed by atoms with E-state index in [9.17, 15) is 4.79 Å². The highest BCUT2D eigenvalue weighted by atomic mass is 127. The third-order valence-corrected chi connectivity index (χ3v) is 6.04. The molecule has 164 valence electrons. The van der Waals surface area contributed by atoms with Gasteiger partial charge in [0.25, 0.3) is 0 Å². The molecule has 3 unspecified atom stereocenters. The van der Waals surface area contributed by atoms with Gasteiger partial charge < -0.3 is 20.7 Å². The predicted octanol–water partition coefficient (Wildman–Crippen LogP) is 2.44. The molecule has 9 nitrogen and oxygen atoms in total. The van der Waals surface area contributed by atoms with Crippen LogP contribution in [0.1, 0.15) is 32.1 Å². The number of carbonyl (C=O) groups excluding carboxylic acids is 1. The normalized spacial score (nSPS) is 24.0. The summed E-state index contributed by atoms with van der Waals surface area (Å²) >= 11 is 2.30. The van der Waals surface area contributed by atoms with E-state index in [1.165, 1.54) is 9.90 Å². The summed E-state index contributed by atoms with van der Waals surface area (Å²) in [7, 11) is 1.62. The zero-order chi connectivity index (χ0) is 22.0. The van der Waals surface area contributed by atoms with Crippen LogP contribution in [0.2, 0.25) is 0 Å². The molecule has 1 fully saturated rings. The van der Waals surface area contributed by atoms with Crippen molar-refractivity contribution in [3.05, 3.63) is 46.1 Å². The van der Waals surface area contributed by atoms with Crippen molar-refractivity contribution in [3.8, 4) is 0 Å².